The maximum atomic E-state index is 6.31. The zero-order chi connectivity index (χ0) is 45.0. The summed E-state index contributed by atoms with van der Waals surface area (Å²) in [5, 5.41) is 9.66. The van der Waals surface area contributed by atoms with Crippen molar-refractivity contribution in [1.82, 2.24) is 0 Å². The van der Waals surface area contributed by atoms with Gasteiger partial charge >= 0.3 is 0 Å². The van der Waals surface area contributed by atoms with Crippen LogP contribution >= 0.6 is 0 Å². The van der Waals surface area contributed by atoms with E-state index in [1.165, 1.54) is 82.4 Å². The summed E-state index contributed by atoms with van der Waals surface area (Å²) < 4.78 is 6.31. The summed E-state index contributed by atoms with van der Waals surface area (Å²) in [7, 11) is 0. The van der Waals surface area contributed by atoms with Gasteiger partial charge in [0.1, 0.15) is 11.2 Å². The molecule has 68 heavy (non-hydrogen) atoms. The smallest absolute Gasteiger partial charge is 0.136 e. The summed E-state index contributed by atoms with van der Waals surface area (Å²) in [6.45, 7) is 0. The molecule has 318 valence electrons. The highest BCUT2D eigenvalue weighted by atomic mass is 16.3. The SMILES string of the molecule is c1ccc(-c2ccc(-c3ccc(N(c4ccc(-c5ccc(-c6ccccc6)cc5)cc4)c4ccc5c6ccc(-c7ccc8c(c7)oc7ccccc78)cc6c6ccccc6c5c4)cc3)cc2)cc1. The van der Waals surface area contributed by atoms with Crippen LogP contribution in [-0.4, -0.2) is 0 Å². The van der Waals surface area contributed by atoms with Crippen molar-refractivity contribution in [3.8, 4) is 55.6 Å². The lowest BCUT2D eigenvalue weighted by molar-refractivity contribution is 0.669. The van der Waals surface area contributed by atoms with E-state index in [2.05, 4.69) is 254 Å². The molecule has 1 heterocycles. The van der Waals surface area contributed by atoms with Crippen LogP contribution in [0.3, 0.4) is 0 Å². The third-order valence-electron chi connectivity index (χ3n) is 13.7. The third-order valence-corrected chi connectivity index (χ3v) is 13.7. The van der Waals surface area contributed by atoms with E-state index in [1.807, 2.05) is 12.1 Å². The van der Waals surface area contributed by atoms with Crippen LogP contribution in [-0.2, 0) is 0 Å². The van der Waals surface area contributed by atoms with Crippen molar-refractivity contribution in [3.05, 3.63) is 261 Å². The zero-order valence-electron chi connectivity index (χ0n) is 37.2. The molecule has 13 rings (SSSR count). The molecule has 0 saturated heterocycles. The van der Waals surface area contributed by atoms with Crippen LogP contribution in [0.1, 0.15) is 0 Å². The quantitative estimate of drug-likeness (QED) is 0.142. The maximum absolute atomic E-state index is 6.31. The van der Waals surface area contributed by atoms with Gasteiger partial charge in [0.05, 0.1) is 0 Å². The predicted octanol–water partition coefficient (Wildman–Crippen LogP) is 18.9. The topological polar surface area (TPSA) is 16.4 Å². The molecule has 0 unspecified atom stereocenters. The summed E-state index contributed by atoms with van der Waals surface area (Å²) >= 11 is 0. The molecular weight excluding hydrogens is 823 g/mol. The largest absolute Gasteiger partial charge is 0.456 e. The molecule has 0 aliphatic heterocycles. The molecule has 0 N–H and O–H groups in total. The molecule has 12 aromatic carbocycles. The molecule has 1 aromatic heterocycles. The first-order valence-electron chi connectivity index (χ1n) is 23.3. The minimum absolute atomic E-state index is 0.906. The Morgan fingerprint density at radius 2 is 0.515 bits per heavy atom. The van der Waals surface area contributed by atoms with E-state index in [9.17, 15) is 0 Å². The summed E-state index contributed by atoms with van der Waals surface area (Å²) in [5.41, 5.74) is 17.0. The Bertz CT molecular complexity index is 3820. The normalized spacial score (nSPS) is 11.5. The molecule has 0 saturated carbocycles. The van der Waals surface area contributed by atoms with Gasteiger partial charge in [-0.3, -0.25) is 0 Å². The molecule has 0 aliphatic carbocycles. The number of hydrogen-bond acceptors (Lipinski definition) is 2. The average molecular weight is 866 g/mol. The van der Waals surface area contributed by atoms with E-state index in [1.54, 1.807) is 0 Å². The second-order valence-electron chi connectivity index (χ2n) is 17.7. The van der Waals surface area contributed by atoms with Crippen molar-refractivity contribution in [2.24, 2.45) is 0 Å². The van der Waals surface area contributed by atoms with Crippen LogP contribution in [0.2, 0.25) is 0 Å². The van der Waals surface area contributed by atoms with Crippen molar-refractivity contribution in [1.29, 1.82) is 0 Å². The van der Waals surface area contributed by atoms with Gasteiger partial charge in [-0.05, 0) is 149 Å². The fraction of sp³-hybridized carbons (Fsp3) is 0. The molecule has 0 spiro atoms. The molecular formula is C66H43NO. The first-order valence-corrected chi connectivity index (χ1v) is 23.3. The molecule has 2 nitrogen and oxygen atoms in total. The minimum Gasteiger partial charge on any atom is -0.456 e. The van der Waals surface area contributed by atoms with Gasteiger partial charge in [-0.2, -0.15) is 0 Å². The fourth-order valence-corrected chi connectivity index (χ4v) is 10.2. The first-order chi connectivity index (χ1) is 33.7. The van der Waals surface area contributed by atoms with E-state index in [0.717, 1.165) is 44.6 Å². The Labute approximate surface area is 395 Å². The lowest BCUT2D eigenvalue weighted by Gasteiger charge is -2.27. The Hall–Kier alpha value is -8.98. The van der Waals surface area contributed by atoms with Crippen LogP contribution in [0.15, 0.2) is 265 Å². The van der Waals surface area contributed by atoms with Gasteiger partial charge in [-0.25, -0.2) is 0 Å². The third kappa shape index (κ3) is 6.99. The summed E-state index contributed by atoms with van der Waals surface area (Å²) in [4.78, 5) is 2.39. The lowest BCUT2D eigenvalue weighted by Crippen LogP contribution is -2.10. The van der Waals surface area contributed by atoms with Crippen LogP contribution in [0.25, 0.3) is 110 Å². The first kappa shape index (κ1) is 39.4. The van der Waals surface area contributed by atoms with Crippen molar-refractivity contribution >= 4 is 71.3 Å². The van der Waals surface area contributed by atoms with E-state index in [-0.39, 0.29) is 0 Å². The molecule has 0 amide bonds. The van der Waals surface area contributed by atoms with Crippen LogP contribution in [0.5, 0.6) is 0 Å². The summed E-state index contributed by atoms with van der Waals surface area (Å²) in [6.07, 6.45) is 0. The molecule has 2 heteroatoms. The number of furan rings is 1. The second-order valence-corrected chi connectivity index (χ2v) is 17.7. The maximum Gasteiger partial charge on any atom is 0.136 e. The van der Waals surface area contributed by atoms with Gasteiger partial charge in [0.25, 0.3) is 0 Å². The average Bonchev–Trinajstić information content (AvgIpc) is 3.80. The Morgan fingerprint density at radius 1 is 0.191 bits per heavy atom. The van der Waals surface area contributed by atoms with Gasteiger partial charge in [0, 0.05) is 27.8 Å². The van der Waals surface area contributed by atoms with Gasteiger partial charge in [0.15, 0.2) is 0 Å². The highest BCUT2D eigenvalue weighted by Crippen LogP contribution is 2.43. The molecule has 0 bridgehead atoms. The monoisotopic (exact) mass is 865 g/mol. The molecule has 13 aromatic rings. The Kier molecular flexibility index (Phi) is 9.54. The fourth-order valence-electron chi connectivity index (χ4n) is 10.2. The standard InChI is InChI=1S/C66H43NO/c1-3-11-44(12-4-1)46-19-23-48(24-20-46)50-27-33-54(34-28-50)67(55-35-29-51(30-36-55)49-25-21-47(22-26-49)45-13-5-2-6-14-45)56-37-40-60-59-38-31-52(41-63(59)57-15-7-8-16-58(57)64(60)43-56)53-32-39-62-61-17-9-10-18-65(61)68-66(62)42-53/h1-43H. The predicted molar refractivity (Wildman–Crippen MR) is 288 cm³/mol. The van der Waals surface area contributed by atoms with Crippen molar-refractivity contribution < 1.29 is 4.42 Å². The lowest BCUT2D eigenvalue weighted by atomic mass is 9.91. The highest BCUT2D eigenvalue weighted by molar-refractivity contribution is 6.26. The number of fused-ring (bicyclic) bond motifs is 9. The van der Waals surface area contributed by atoms with Crippen LogP contribution in [0, 0.1) is 0 Å². The molecule has 0 aliphatic rings. The Morgan fingerprint density at radius 3 is 1.03 bits per heavy atom. The van der Waals surface area contributed by atoms with Gasteiger partial charge < -0.3 is 9.32 Å². The summed E-state index contributed by atoms with van der Waals surface area (Å²) in [5.74, 6) is 0. The van der Waals surface area contributed by atoms with Gasteiger partial charge in [-0.1, -0.05) is 200 Å². The van der Waals surface area contributed by atoms with Gasteiger partial charge in [-0.15, -0.1) is 0 Å². The van der Waals surface area contributed by atoms with Crippen LogP contribution in [0.4, 0.5) is 17.1 Å². The minimum atomic E-state index is 0.906. The van der Waals surface area contributed by atoms with Crippen molar-refractivity contribution in [2.45, 2.75) is 0 Å². The van der Waals surface area contributed by atoms with E-state index in [0.29, 0.717) is 0 Å². The zero-order valence-corrected chi connectivity index (χ0v) is 37.2. The Balaban J connectivity index is 0.901. The summed E-state index contributed by atoms with van der Waals surface area (Å²) in [6, 6.07) is 94.5. The van der Waals surface area contributed by atoms with Gasteiger partial charge in [0.2, 0.25) is 0 Å². The molecule has 0 fully saturated rings. The number of anilines is 3. The molecule has 0 radical (unpaired) electrons. The number of nitrogens with zero attached hydrogens (tertiary/aromatic N) is 1. The van der Waals surface area contributed by atoms with E-state index in [4.69, 9.17) is 4.42 Å². The second kappa shape index (κ2) is 16.5. The number of rotatable bonds is 8. The van der Waals surface area contributed by atoms with Crippen LogP contribution < -0.4 is 4.90 Å². The van der Waals surface area contributed by atoms with E-state index >= 15 is 0 Å². The molecule has 0 atom stereocenters. The van der Waals surface area contributed by atoms with Crippen molar-refractivity contribution in [2.75, 3.05) is 4.90 Å². The highest BCUT2D eigenvalue weighted by Gasteiger charge is 2.18. The van der Waals surface area contributed by atoms with E-state index < -0.39 is 0 Å². The number of para-hydroxylation sites is 1. The van der Waals surface area contributed by atoms with Crippen molar-refractivity contribution in [3.63, 3.8) is 0 Å². The number of benzene rings is 12. The number of hydrogen-bond donors (Lipinski definition) is 0.